The molecule has 25 atom stereocenters. The first-order valence-corrected chi connectivity index (χ1v) is 27.9. The van der Waals surface area contributed by atoms with E-state index in [1.165, 1.54) is 5.57 Å². The summed E-state index contributed by atoms with van der Waals surface area (Å²) in [5, 5.41) is 109. The van der Waals surface area contributed by atoms with Crippen molar-refractivity contribution in [2.45, 2.75) is 238 Å². The number of fused-ring (bicyclic) bond motifs is 7. The molecule has 8 rings (SSSR count). The molecule has 0 radical (unpaired) electrons. The number of hydrogen-bond acceptors (Lipinski definition) is 20. The van der Waals surface area contributed by atoms with Crippen molar-refractivity contribution in [3.05, 3.63) is 34.9 Å². The van der Waals surface area contributed by atoms with E-state index in [0.29, 0.717) is 43.3 Å². The number of rotatable bonds is 12. The number of carboxylic acid groups (broad SMARTS) is 1. The molecule has 0 aromatic rings. The third-order valence-corrected chi connectivity index (χ3v) is 21.2. The van der Waals surface area contributed by atoms with E-state index in [1.54, 1.807) is 39.8 Å². The number of aliphatic hydroxyl groups excluding tert-OH is 9. The van der Waals surface area contributed by atoms with Gasteiger partial charge in [-0.15, -0.1) is 0 Å². The Morgan fingerprint density at radius 1 is 0.679 bits per heavy atom. The number of hydrogen-bond donors (Lipinski definition) is 10. The summed E-state index contributed by atoms with van der Waals surface area (Å²) in [6.07, 6.45) is -19.0. The Morgan fingerprint density at radius 2 is 1.28 bits per heavy atom. The Labute approximate surface area is 456 Å². The first-order chi connectivity index (χ1) is 36.3. The zero-order valence-electron chi connectivity index (χ0n) is 47.2. The highest BCUT2D eigenvalue weighted by Crippen LogP contribution is 2.76. The van der Waals surface area contributed by atoms with Gasteiger partial charge < -0.3 is 89.0 Å². The van der Waals surface area contributed by atoms with Gasteiger partial charge in [-0.25, -0.2) is 14.4 Å². The van der Waals surface area contributed by atoms with Crippen molar-refractivity contribution in [3.63, 3.8) is 0 Å². The molecule has 8 aliphatic rings. The smallest absolute Gasteiger partial charge is 0.335 e. The lowest BCUT2D eigenvalue weighted by Crippen LogP contribution is -2.71. The maximum absolute atomic E-state index is 13.8. The number of aliphatic hydroxyl groups is 9. The van der Waals surface area contributed by atoms with E-state index in [9.17, 15) is 65.4 Å². The molecule has 7 fully saturated rings. The molecule has 4 saturated carbocycles. The molecular formula is C57H88O21. The van der Waals surface area contributed by atoms with Crippen LogP contribution in [0.5, 0.6) is 0 Å². The minimum atomic E-state index is -2.09. The molecule has 0 spiro atoms. The maximum Gasteiger partial charge on any atom is 0.335 e. The molecule has 21 nitrogen and oxygen atoms in total. The van der Waals surface area contributed by atoms with Crippen LogP contribution < -0.4 is 0 Å². The summed E-state index contributed by atoms with van der Waals surface area (Å²) in [4.78, 5) is 40.2. The Bertz CT molecular complexity index is 2330. The first kappa shape index (κ1) is 61.1. The molecule has 0 aromatic heterocycles. The van der Waals surface area contributed by atoms with Crippen LogP contribution in [0.2, 0.25) is 0 Å². The fourth-order valence-electron chi connectivity index (χ4n) is 16.0. The van der Waals surface area contributed by atoms with E-state index >= 15 is 0 Å². The van der Waals surface area contributed by atoms with Gasteiger partial charge in [0.1, 0.15) is 73.2 Å². The largest absolute Gasteiger partial charge is 0.479 e. The third kappa shape index (κ3) is 9.86. The van der Waals surface area contributed by atoms with Gasteiger partial charge in [0.25, 0.3) is 0 Å². The Kier molecular flexibility index (Phi) is 17.2. The summed E-state index contributed by atoms with van der Waals surface area (Å²) < 4.78 is 49.3. The Morgan fingerprint density at radius 3 is 1.88 bits per heavy atom. The molecule has 0 amide bonds. The van der Waals surface area contributed by atoms with Gasteiger partial charge in [-0.1, -0.05) is 79.2 Å². The molecule has 78 heavy (non-hydrogen) atoms. The summed E-state index contributed by atoms with van der Waals surface area (Å²) in [6.45, 7) is 22.7. The van der Waals surface area contributed by atoms with Gasteiger partial charge in [-0.3, -0.25) is 0 Å². The molecule has 8 unspecified atom stereocenters. The monoisotopic (exact) mass is 1110 g/mol. The van der Waals surface area contributed by atoms with E-state index < -0.39 is 163 Å². The first-order valence-electron chi connectivity index (χ1n) is 27.9. The molecule has 0 aromatic carbocycles. The van der Waals surface area contributed by atoms with Crippen LogP contribution in [0.1, 0.15) is 128 Å². The summed E-state index contributed by atoms with van der Waals surface area (Å²) in [7, 11) is 0. The molecule has 21 heteroatoms. The summed E-state index contributed by atoms with van der Waals surface area (Å²) in [5.41, 5.74) is -1.64. The molecule has 3 heterocycles. The summed E-state index contributed by atoms with van der Waals surface area (Å²) in [5.74, 6) is -2.88. The molecule has 0 bridgehead atoms. The number of aliphatic carboxylic acids is 1. The van der Waals surface area contributed by atoms with Gasteiger partial charge in [0.05, 0.1) is 25.4 Å². The van der Waals surface area contributed by atoms with Gasteiger partial charge in [0, 0.05) is 22.0 Å². The van der Waals surface area contributed by atoms with Crippen LogP contribution in [-0.2, 0) is 52.3 Å². The SMILES string of the molecule is C/C=C(/C)C(=O)O[C@H]1[C@H](OC(=O)/C(C)=C\C)[C@@]2(C)C(CC1(C)C)C1=CCC3[C@@]4(C)CC[C@H](O[C@@H]5OC(C(=O)O)[C@@H](O)[C@@H](O[C@@H]6OC[C@@H](O)[C@@H](O)C6O)C5O[C@@H]5OC(CO)[C@H](O)[C@@H](O)C5O)C(C)(C)C4CC[C@@]3(C)[C@]1(C)C[C@H]2O. The molecule has 3 saturated heterocycles. The molecule has 10 N–H and O–H groups in total. The average Bonchev–Trinajstić information content (AvgIpc) is 3.58. The summed E-state index contributed by atoms with van der Waals surface area (Å²) in [6, 6.07) is 0. The number of allylic oxidation sites excluding steroid dienone is 4. The van der Waals surface area contributed by atoms with Crippen LogP contribution in [0.4, 0.5) is 0 Å². The predicted octanol–water partition coefficient (Wildman–Crippen LogP) is 2.32. The minimum Gasteiger partial charge on any atom is -0.479 e. The van der Waals surface area contributed by atoms with Gasteiger partial charge >= 0.3 is 17.9 Å². The number of carboxylic acids is 1. The fraction of sp³-hybridized carbons (Fsp3) is 0.842. The summed E-state index contributed by atoms with van der Waals surface area (Å²) >= 11 is 0. The quantitative estimate of drug-likeness (QED) is 0.0580. The Balaban J connectivity index is 1.11. The normalized spacial score (nSPS) is 49.2. The van der Waals surface area contributed by atoms with E-state index in [0.717, 1.165) is 12.8 Å². The van der Waals surface area contributed by atoms with Crippen molar-refractivity contribution in [2.24, 2.45) is 50.2 Å². The number of esters is 2. The van der Waals surface area contributed by atoms with Crippen LogP contribution in [0.25, 0.3) is 0 Å². The van der Waals surface area contributed by atoms with Gasteiger partial charge in [-0.2, -0.15) is 0 Å². The zero-order valence-corrected chi connectivity index (χ0v) is 47.2. The molecule has 3 aliphatic heterocycles. The lowest BCUT2D eigenvalue weighted by Gasteiger charge is -2.72. The van der Waals surface area contributed by atoms with Crippen LogP contribution in [0.15, 0.2) is 34.9 Å². The van der Waals surface area contributed by atoms with Crippen LogP contribution in [0, 0.1) is 50.2 Å². The van der Waals surface area contributed by atoms with Crippen molar-refractivity contribution in [1.29, 1.82) is 0 Å². The average molecular weight is 1110 g/mol. The minimum absolute atomic E-state index is 0.0255. The number of carbonyl (C=O) groups excluding carboxylic acids is 2. The predicted molar refractivity (Wildman–Crippen MR) is 274 cm³/mol. The lowest BCUT2D eigenvalue weighted by molar-refractivity contribution is -0.392. The van der Waals surface area contributed by atoms with Gasteiger partial charge in [0.2, 0.25) is 0 Å². The second-order valence-electron chi connectivity index (χ2n) is 26.1. The van der Waals surface area contributed by atoms with Crippen molar-refractivity contribution < 1.29 is 103 Å². The highest BCUT2D eigenvalue weighted by molar-refractivity contribution is 5.89. The zero-order chi connectivity index (χ0) is 57.7. The van der Waals surface area contributed by atoms with E-state index in [4.69, 9.17) is 37.9 Å². The van der Waals surface area contributed by atoms with Gasteiger partial charge in [0.15, 0.2) is 25.0 Å². The van der Waals surface area contributed by atoms with Crippen LogP contribution >= 0.6 is 0 Å². The molecule has 5 aliphatic carbocycles. The maximum atomic E-state index is 13.8. The lowest BCUT2D eigenvalue weighted by atomic mass is 9.33. The second kappa shape index (κ2) is 22.0. The number of ether oxygens (including phenoxy) is 8. The second-order valence-corrected chi connectivity index (χ2v) is 26.1. The van der Waals surface area contributed by atoms with Crippen molar-refractivity contribution in [3.8, 4) is 0 Å². The van der Waals surface area contributed by atoms with E-state index in [2.05, 4.69) is 40.7 Å². The van der Waals surface area contributed by atoms with E-state index in [1.807, 2.05) is 20.8 Å². The Hall–Kier alpha value is -2.97. The van der Waals surface area contributed by atoms with Crippen LogP contribution in [-0.4, -0.2) is 193 Å². The van der Waals surface area contributed by atoms with E-state index in [-0.39, 0.29) is 28.6 Å². The van der Waals surface area contributed by atoms with Crippen molar-refractivity contribution >= 4 is 17.9 Å². The van der Waals surface area contributed by atoms with Crippen LogP contribution in [0.3, 0.4) is 0 Å². The number of carbonyl (C=O) groups is 3. The highest BCUT2D eigenvalue weighted by Gasteiger charge is 2.73. The molecular weight excluding hydrogens is 1020 g/mol. The van der Waals surface area contributed by atoms with Crippen molar-refractivity contribution in [2.75, 3.05) is 13.2 Å². The van der Waals surface area contributed by atoms with Gasteiger partial charge in [-0.05, 0) is 112 Å². The fourth-order valence-corrected chi connectivity index (χ4v) is 16.0. The molecule has 442 valence electrons. The topological polar surface area (TPSA) is 327 Å². The standard InChI is InChI=1S/C57H88O21/c1-13-25(3)47(69)77-44-45(78-48(70)26(4)14-2)57(12)28(21-52(44,5)6)27-15-16-32-54(9)19-18-34(53(7,8)31(54)17-20-55(32,10)56(27,11)22-33(57)60)73-51-43(76-50-39(65)37(63)36(62)30(23-58)72-50)41(40(66)42(75-51)46(67)68)74-49-38(64)35(61)29(59)24-71-49/h13-15,28-45,49-51,58-66H,16-24H2,1-12H3,(H,67,68)/b25-13-,26-14-/t28?,29-,30?,31?,32?,33-,34+,35-,36+,37-,38?,39?,40+,41-,42?,43?,44+,45+,49+,50+,51-,54+,55-,56-,57+/m1/s1. The van der Waals surface area contributed by atoms with Crippen molar-refractivity contribution in [1.82, 2.24) is 0 Å². The third-order valence-electron chi connectivity index (χ3n) is 21.2. The highest BCUT2D eigenvalue weighted by atomic mass is 16.8.